The van der Waals surface area contributed by atoms with E-state index in [0.717, 1.165) is 18.0 Å². The summed E-state index contributed by atoms with van der Waals surface area (Å²) in [6.45, 7) is 7.69. The molecule has 1 aromatic rings. The van der Waals surface area contributed by atoms with E-state index < -0.39 is 0 Å². The van der Waals surface area contributed by atoms with E-state index >= 15 is 0 Å². The minimum atomic E-state index is 0.406. The van der Waals surface area contributed by atoms with Crippen LogP contribution in [0.2, 0.25) is 5.02 Å². The van der Waals surface area contributed by atoms with Crippen molar-refractivity contribution in [2.45, 2.75) is 33.2 Å². The van der Waals surface area contributed by atoms with E-state index in [1.165, 1.54) is 5.56 Å². The lowest BCUT2D eigenvalue weighted by Crippen LogP contribution is -2.26. The molecule has 1 rings (SSSR count). The highest BCUT2D eigenvalue weighted by molar-refractivity contribution is 6.30. The molecule has 1 aromatic carbocycles. The second-order valence-electron chi connectivity index (χ2n) is 4.23. The standard InChI is InChI=1S/C13H20ClN/c1-4-8-15-13(10(2)3)11-6-5-7-12(14)9-11/h5-7,9-10,13,15H,4,8H2,1-3H3. The van der Waals surface area contributed by atoms with Gasteiger partial charge in [-0.1, -0.05) is 44.5 Å². The monoisotopic (exact) mass is 225 g/mol. The fraction of sp³-hybridized carbons (Fsp3) is 0.538. The Morgan fingerprint density at radius 2 is 2.07 bits per heavy atom. The van der Waals surface area contributed by atoms with Gasteiger partial charge in [-0.2, -0.15) is 0 Å². The molecular weight excluding hydrogens is 206 g/mol. The second-order valence-corrected chi connectivity index (χ2v) is 4.67. The van der Waals surface area contributed by atoms with Gasteiger partial charge >= 0.3 is 0 Å². The van der Waals surface area contributed by atoms with Crippen molar-refractivity contribution in [3.8, 4) is 0 Å². The maximum atomic E-state index is 6.00. The topological polar surface area (TPSA) is 12.0 Å². The largest absolute Gasteiger partial charge is 0.310 e. The molecule has 0 bridgehead atoms. The summed E-state index contributed by atoms with van der Waals surface area (Å²) in [7, 11) is 0. The van der Waals surface area contributed by atoms with Gasteiger partial charge in [0.05, 0.1) is 0 Å². The lowest BCUT2D eigenvalue weighted by Gasteiger charge is -2.23. The second kappa shape index (κ2) is 6.14. The van der Waals surface area contributed by atoms with Crippen molar-refractivity contribution in [2.75, 3.05) is 6.54 Å². The van der Waals surface area contributed by atoms with Gasteiger partial charge in [0.1, 0.15) is 0 Å². The van der Waals surface area contributed by atoms with Gasteiger partial charge in [-0.25, -0.2) is 0 Å². The predicted molar refractivity (Wildman–Crippen MR) is 67.3 cm³/mol. The first kappa shape index (κ1) is 12.5. The van der Waals surface area contributed by atoms with Gasteiger partial charge in [0.25, 0.3) is 0 Å². The number of hydrogen-bond acceptors (Lipinski definition) is 1. The molecule has 0 aliphatic carbocycles. The first-order chi connectivity index (χ1) is 7.15. The van der Waals surface area contributed by atoms with E-state index in [-0.39, 0.29) is 0 Å². The Morgan fingerprint density at radius 1 is 1.33 bits per heavy atom. The third kappa shape index (κ3) is 3.84. The maximum absolute atomic E-state index is 6.00. The van der Waals surface area contributed by atoms with E-state index in [1.807, 2.05) is 12.1 Å². The van der Waals surface area contributed by atoms with Gasteiger partial charge < -0.3 is 5.32 Å². The highest BCUT2D eigenvalue weighted by Gasteiger charge is 2.14. The van der Waals surface area contributed by atoms with E-state index in [0.29, 0.717) is 12.0 Å². The zero-order valence-corrected chi connectivity index (χ0v) is 10.5. The molecule has 1 nitrogen and oxygen atoms in total. The Morgan fingerprint density at radius 3 is 2.60 bits per heavy atom. The van der Waals surface area contributed by atoms with Crippen LogP contribution in [0.4, 0.5) is 0 Å². The highest BCUT2D eigenvalue weighted by atomic mass is 35.5. The third-order valence-electron chi connectivity index (χ3n) is 2.49. The van der Waals surface area contributed by atoms with Crippen LogP contribution in [0.25, 0.3) is 0 Å². The summed E-state index contributed by atoms with van der Waals surface area (Å²) in [6, 6.07) is 8.53. The molecular formula is C13H20ClN. The summed E-state index contributed by atoms with van der Waals surface area (Å²) >= 11 is 6.00. The number of nitrogens with one attached hydrogen (secondary N) is 1. The molecule has 0 saturated heterocycles. The lowest BCUT2D eigenvalue weighted by molar-refractivity contribution is 0.413. The maximum Gasteiger partial charge on any atom is 0.0409 e. The van der Waals surface area contributed by atoms with Crippen LogP contribution >= 0.6 is 11.6 Å². The Bertz CT molecular complexity index is 296. The van der Waals surface area contributed by atoms with Crippen LogP contribution in [0.5, 0.6) is 0 Å². The quantitative estimate of drug-likeness (QED) is 0.798. The molecule has 0 fully saturated rings. The summed E-state index contributed by atoms with van der Waals surface area (Å²) < 4.78 is 0. The van der Waals surface area contributed by atoms with Crippen molar-refractivity contribution in [1.29, 1.82) is 0 Å². The van der Waals surface area contributed by atoms with Crippen LogP contribution < -0.4 is 5.32 Å². The first-order valence-electron chi connectivity index (χ1n) is 5.64. The third-order valence-corrected chi connectivity index (χ3v) is 2.72. The van der Waals surface area contributed by atoms with E-state index in [2.05, 4.69) is 38.2 Å². The molecule has 0 amide bonds. The molecule has 1 unspecified atom stereocenters. The van der Waals surface area contributed by atoms with Crippen LogP contribution in [0.3, 0.4) is 0 Å². The van der Waals surface area contributed by atoms with Gasteiger partial charge in [-0.05, 0) is 36.6 Å². The minimum absolute atomic E-state index is 0.406. The van der Waals surface area contributed by atoms with Gasteiger partial charge in [0, 0.05) is 11.1 Å². The Hall–Kier alpha value is -0.530. The van der Waals surface area contributed by atoms with Crippen LogP contribution in [0.15, 0.2) is 24.3 Å². The molecule has 0 aromatic heterocycles. The Balaban J connectivity index is 2.79. The summed E-state index contributed by atoms with van der Waals surface area (Å²) in [5, 5.41) is 4.37. The average Bonchev–Trinajstić information content (AvgIpc) is 2.18. The van der Waals surface area contributed by atoms with E-state index in [1.54, 1.807) is 0 Å². The summed E-state index contributed by atoms with van der Waals surface area (Å²) in [5.41, 5.74) is 1.28. The number of benzene rings is 1. The van der Waals surface area contributed by atoms with Crippen LogP contribution in [-0.4, -0.2) is 6.54 Å². The molecule has 0 spiro atoms. The van der Waals surface area contributed by atoms with Crippen molar-refractivity contribution in [2.24, 2.45) is 5.92 Å². The van der Waals surface area contributed by atoms with Gasteiger partial charge in [-0.3, -0.25) is 0 Å². The zero-order chi connectivity index (χ0) is 11.3. The highest BCUT2D eigenvalue weighted by Crippen LogP contribution is 2.23. The zero-order valence-electron chi connectivity index (χ0n) is 9.76. The fourth-order valence-electron chi connectivity index (χ4n) is 1.74. The van der Waals surface area contributed by atoms with E-state index in [9.17, 15) is 0 Å². The fourth-order valence-corrected chi connectivity index (χ4v) is 1.94. The summed E-state index contributed by atoms with van der Waals surface area (Å²) in [6.07, 6.45) is 1.16. The Kier molecular flexibility index (Phi) is 5.13. The molecule has 0 aliphatic rings. The predicted octanol–water partition coefficient (Wildman–Crippen LogP) is 4.04. The number of halogens is 1. The number of hydrogen-bond donors (Lipinski definition) is 1. The minimum Gasteiger partial charge on any atom is -0.310 e. The normalized spacial score (nSPS) is 13.1. The molecule has 15 heavy (non-hydrogen) atoms. The Labute approximate surface area is 97.8 Å². The summed E-state index contributed by atoms with van der Waals surface area (Å²) in [4.78, 5) is 0. The van der Waals surface area contributed by atoms with Crippen molar-refractivity contribution in [3.63, 3.8) is 0 Å². The summed E-state index contributed by atoms with van der Waals surface area (Å²) in [5.74, 6) is 0.579. The number of rotatable bonds is 5. The van der Waals surface area contributed by atoms with Crippen molar-refractivity contribution >= 4 is 11.6 Å². The van der Waals surface area contributed by atoms with Crippen LogP contribution in [0.1, 0.15) is 38.8 Å². The van der Waals surface area contributed by atoms with Crippen LogP contribution in [-0.2, 0) is 0 Å². The molecule has 0 heterocycles. The first-order valence-corrected chi connectivity index (χ1v) is 6.01. The van der Waals surface area contributed by atoms with Crippen LogP contribution in [0, 0.1) is 5.92 Å². The lowest BCUT2D eigenvalue weighted by atomic mass is 9.96. The molecule has 0 saturated carbocycles. The molecule has 2 heteroatoms. The van der Waals surface area contributed by atoms with Crippen molar-refractivity contribution in [3.05, 3.63) is 34.9 Å². The average molecular weight is 226 g/mol. The van der Waals surface area contributed by atoms with E-state index in [4.69, 9.17) is 11.6 Å². The molecule has 1 atom stereocenters. The SMILES string of the molecule is CCCNC(c1cccc(Cl)c1)C(C)C. The van der Waals surface area contributed by atoms with Gasteiger partial charge in [0.15, 0.2) is 0 Å². The van der Waals surface area contributed by atoms with Gasteiger partial charge in [0.2, 0.25) is 0 Å². The molecule has 1 N–H and O–H groups in total. The van der Waals surface area contributed by atoms with Gasteiger partial charge in [-0.15, -0.1) is 0 Å². The molecule has 0 radical (unpaired) electrons. The van der Waals surface area contributed by atoms with Crippen molar-refractivity contribution in [1.82, 2.24) is 5.32 Å². The molecule has 0 aliphatic heterocycles. The smallest absolute Gasteiger partial charge is 0.0409 e. The molecule has 84 valence electrons. The van der Waals surface area contributed by atoms with Crippen molar-refractivity contribution < 1.29 is 0 Å².